The number of nitrogens with one attached hydrogen (secondary N) is 1. The number of nitrogens with zero attached hydrogens (tertiary/aromatic N) is 5. The molecule has 332 valence electrons. The molecule has 0 saturated carbocycles. The number of rotatable bonds is 8. The predicted molar refractivity (Wildman–Crippen MR) is 243 cm³/mol. The van der Waals surface area contributed by atoms with Crippen molar-refractivity contribution in [1.82, 2.24) is 24.7 Å². The minimum absolute atomic E-state index is 0.00233. The number of phenols is 1. The number of hydrazine groups is 1. The average molecular weight is 858 g/mol. The highest BCUT2D eigenvalue weighted by Crippen LogP contribution is 2.40. The molecule has 3 aliphatic heterocycles. The summed E-state index contributed by atoms with van der Waals surface area (Å²) >= 11 is 0. The van der Waals surface area contributed by atoms with Crippen molar-refractivity contribution in [3.63, 3.8) is 0 Å². The number of hydrogen-bond donors (Lipinski definition) is 2. The highest BCUT2D eigenvalue weighted by Gasteiger charge is 2.45. The quantitative estimate of drug-likeness (QED) is 0.126. The number of cyclic esters (lactones) is 1. The third-order valence-electron chi connectivity index (χ3n) is 12.9. The van der Waals surface area contributed by atoms with Gasteiger partial charge >= 0.3 is 5.97 Å². The van der Waals surface area contributed by atoms with Crippen LogP contribution in [0.4, 0.5) is 0 Å². The number of hydrogen-bond acceptors (Lipinski definition) is 7. The van der Waals surface area contributed by atoms with E-state index in [1.54, 1.807) is 24.1 Å². The third kappa shape index (κ3) is 9.14. The van der Waals surface area contributed by atoms with E-state index >= 15 is 0 Å². The zero-order valence-electron chi connectivity index (χ0n) is 37.4. The van der Waals surface area contributed by atoms with Crippen molar-refractivity contribution >= 4 is 47.2 Å². The first-order chi connectivity index (χ1) is 30.0. The minimum Gasteiger partial charge on any atom is -0.508 e. The highest BCUT2D eigenvalue weighted by molar-refractivity contribution is 5.96. The zero-order valence-corrected chi connectivity index (χ0v) is 37.4. The first kappa shape index (κ1) is 44.8. The van der Waals surface area contributed by atoms with E-state index in [1.165, 1.54) is 20.7 Å². The Kier molecular flexibility index (Phi) is 13.0. The summed E-state index contributed by atoms with van der Waals surface area (Å²) < 4.78 is 9.81. The number of aromatic nitrogens is 1. The Morgan fingerprint density at radius 2 is 1.76 bits per heavy atom. The molecular formula is C50H61N6O7+. The van der Waals surface area contributed by atoms with E-state index in [-0.39, 0.29) is 49.6 Å². The molecule has 3 aromatic carbocycles. The lowest BCUT2D eigenvalue weighted by atomic mass is 9.84. The summed E-state index contributed by atoms with van der Waals surface area (Å²) in [7, 11) is 1.58. The minimum atomic E-state index is -1.18. The standard InChI is InChI=1S/C50H60N6O7/c1-9-43(58)54-22-20-35(29-54)47(60)52(7)44(31(3)4)46(59)51-40-25-32-23-36(26-37(57)24-32)34-18-19-41-38(27-34)39(45(55(41)10-2)33-15-12-11-13-16-33)28-50(5,6)30-63-49(62)42-17-14-21-56(48(40)61)53(42)8/h9,11-13,15-16,18-19,23-24,26-27,31,35,40,42,44H,1,8,10,14,17,20-22,25,28-30H2,2-7H3,(H-,51,57,59)/p+1/t35-,40-,42-,44-/m0/s1. The van der Waals surface area contributed by atoms with E-state index in [9.17, 15) is 29.1 Å². The summed E-state index contributed by atoms with van der Waals surface area (Å²) in [5.74, 6) is -2.88. The number of esters is 1. The Morgan fingerprint density at radius 3 is 2.46 bits per heavy atom. The van der Waals surface area contributed by atoms with E-state index < -0.39 is 47.2 Å². The molecule has 13 nitrogen and oxygen atoms in total. The molecule has 4 atom stereocenters. The summed E-state index contributed by atoms with van der Waals surface area (Å²) in [6.07, 6.45) is 3.18. The largest absolute Gasteiger partial charge is 0.508 e. The van der Waals surface area contributed by atoms with Crippen molar-refractivity contribution in [1.29, 1.82) is 0 Å². The number of amides is 4. The number of hydrazone groups is 1. The van der Waals surface area contributed by atoms with Crippen LogP contribution in [0.15, 0.2) is 79.4 Å². The Balaban J connectivity index is 1.30. The van der Waals surface area contributed by atoms with E-state index in [4.69, 9.17) is 4.74 Å². The summed E-state index contributed by atoms with van der Waals surface area (Å²) in [6, 6.07) is 18.8. The molecule has 4 heterocycles. The van der Waals surface area contributed by atoms with Crippen LogP contribution in [0.1, 0.15) is 65.0 Å². The maximum absolute atomic E-state index is 14.8. The second-order valence-corrected chi connectivity index (χ2v) is 18.4. The fourth-order valence-corrected chi connectivity index (χ4v) is 9.76. The summed E-state index contributed by atoms with van der Waals surface area (Å²) in [5.41, 5.74) is 6.03. The highest BCUT2D eigenvalue weighted by atomic mass is 16.5. The predicted octanol–water partition coefficient (Wildman–Crippen LogP) is 5.99. The van der Waals surface area contributed by atoms with Crippen LogP contribution in [0.2, 0.25) is 0 Å². The molecule has 63 heavy (non-hydrogen) atoms. The van der Waals surface area contributed by atoms with Gasteiger partial charge in [-0.2, -0.15) is 0 Å². The lowest BCUT2D eigenvalue weighted by Gasteiger charge is -2.34. The van der Waals surface area contributed by atoms with E-state index in [2.05, 4.69) is 68.2 Å². The van der Waals surface area contributed by atoms with Gasteiger partial charge in [-0.25, -0.2) is 4.79 Å². The van der Waals surface area contributed by atoms with Crippen LogP contribution in [0.5, 0.6) is 5.75 Å². The van der Waals surface area contributed by atoms with Gasteiger partial charge in [-0.15, -0.1) is 9.69 Å². The van der Waals surface area contributed by atoms with Gasteiger partial charge < -0.3 is 29.5 Å². The first-order valence-corrected chi connectivity index (χ1v) is 22.1. The number of carbonyl (C=O) groups excluding carboxylic acids is 5. The number of likely N-dealkylation sites (tertiary alicyclic amines) is 1. The van der Waals surface area contributed by atoms with Gasteiger partial charge in [-0.05, 0) is 90.3 Å². The Bertz CT molecular complexity index is 2460. The van der Waals surface area contributed by atoms with Crippen molar-refractivity contribution in [2.24, 2.45) is 17.3 Å². The maximum Gasteiger partial charge on any atom is 0.378 e. The molecule has 0 unspecified atom stereocenters. The van der Waals surface area contributed by atoms with Crippen LogP contribution in [-0.4, -0.2) is 117 Å². The second-order valence-electron chi connectivity index (χ2n) is 18.4. The number of aryl methyl sites for hydroxylation is 1. The zero-order chi connectivity index (χ0) is 45.3. The molecule has 1 aromatic heterocycles. The smallest absolute Gasteiger partial charge is 0.378 e. The SMILES string of the molecule is C=CC(=O)N1CC[C@H](C(=O)N(C)[C@H](C(=O)N[C@H]2Cc3cc(O)cc(c3)-c3ccc4c(c3)c(c(-c3ccccc3)n4CC)CC(C)(C)COC(=O)[C@@H]3CCCN(C2=O)[N+]3=C)C(C)C)C1. The fraction of sp³-hybridized carbons (Fsp3) is 0.440. The van der Waals surface area contributed by atoms with Gasteiger partial charge in [0, 0.05) is 55.8 Å². The number of carbonyl (C=O) groups is 5. The number of likely N-dealkylation sites (N-methyl/N-ethyl adjacent to an activating group) is 1. The number of ether oxygens (including phenoxy) is 1. The van der Waals surface area contributed by atoms with Crippen LogP contribution in [0.25, 0.3) is 33.3 Å². The molecule has 13 heteroatoms. The molecule has 0 spiro atoms. The number of benzene rings is 3. The summed E-state index contributed by atoms with van der Waals surface area (Å²) in [4.78, 5) is 72.5. The van der Waals surface area contributed by atoms with Gasteiger partial charge in [-0.1, -0.05) is 76.7 Å². The topological polar surface area (TPSA) is 144 Å². The maximum atomic E-state index is 14.8. The summed E-state index contributed by atoms with van der Waals surface area (Å²) in [5, 5.41) is 16.7. The van der Waals surface area contributed by atoms with E-state index in [1.807, 2.05) is 44.2 Å². The number of fused-ring (bicyclic) bond motifs is 6. The first-order valence-electron chi connectivity index (χ1n) is 22.1. The van der Waals surface area contributed by atoms with Gasteiger partial charge in [0.1, 0.15) is 17.8 Å². The van der Waals surface area contributed by atoms with Crippen LogP contribution in [-0.2, 0) is 48.1 Å². The fourth-order valence-electron chi connectivity index (χ4n) is 9.76. The Hall–Kier alpha value is -6.24. The monoisotopic (exact) mass is 857 g/mol. The normalized spacial score (nSPS) is 20.9. The van der Waals surface area contributed by atoms with Crippen molar-refractivity contribution in [2.45, 2.75) is 91.4 Å². The van der Waals surface area contributed by atoms with Gasteiger partial charge in [0.2, 0.25) is 17.7 Å². The molecule has 4 aromatic rings. The van der Waals surface area contributed by atoms with Crippen molar-refractivity contribution in [3.8, 4) is 28.1 Å². The van der Waals surface area contributed by atoms with E-state index in [0.29, 0.717) is 37.8 Å². The average Bonchev–Trinajstić information content (AvgIpc) is 3.87. The van der Waals surface area contributed by atoms with Crippen molar-refractivity contribution < 1.29 is 38.5 Å². The Morgan fingerprint density at radius 1 is 1.02 bits per heavy atom. The molecule has 4 amide bonds. The van der Waals surface area contributed by atoms with Crippen LogP contribution >= 0.6 is 0 Å². The van der Waals surface area contributed by atoms with Crippen LogP contribution < -0.4 is 5.32 Å². The molecular weight excluding hydrogens is 797 g/mol. The van der Waals surface area contributed by atoms with Crippen molar-refractivity contribution in [2.75, 3.05) is 33.3 Å². The molecule has 7 rings (SSSR count). The molecule has 2 N–H and O–H groups in total. The lowest BCUT2D eigenvalue weighted by Crippen LogP contribution is -2.60. The van der Waals surface area contributed by atoms with Gasteiger partial charge in [-0.3, -0.25) is 19.2 Å². The molecule has 0 aliphatic carbocycles. The lowest BCUT2D eigenvalue weighted by molar-refractivity contribution is -0.693. The molecule has 2 saturated heterocycles. The van der Waals surface area contributed by atoms with Gasteiger partial charge in [0.05, 0.1) is 24.8 Å². The van der Waals surface area contributed by atoms with Gasteiger partial charge in [0.25, 0.3) is 11.9 Å². The number of phenolic OH excluding ortho intramolecular Hbond substituents is 1. The Labute approximate surface area is 370 Å². The van der Waals surface area contributed by atoms with Gasteiger partial charge in [0.15, 0.2) is 6.72 Å². The summed E-state index contributed by atoms with van der Waals surface area (Å²) in [6.45, 7) is 19.5. The second kappa shape index (κ2) is 18.2. The molecule has 0 radical (unpaired) electrons. The molecule has 6 bridgehead atoms. The van der Waals surface area contributed by atoms with E-state index in [0.717, 1.165) is 45.4 Å². The van der Waals surface area contributed by atoms with Crippen LogP contribution in [0, 0.1) is 17.3 Å². The molecule has 2 fully saturated rings. The molecule has 3 aliphatic rings. The number of aromatic hydroxyl groups is 1. The van der Waals surface area contributed by atoms with Crippen LogP contribution in [0.3, 0.4) is 0 Å². The van der Waals surface area contributed by atoms with Crippen molar-refractivity contribution in [3.05, 3.63) is 90.5 Å². The third-order valence-corrected chi connectivity index (χ3v) is 12.9.